The van der Waals surface area contributed by atoms with Crippen molar-refractivity contribution in [1.29, 1.82) is 0 Å². The van der Waals surface area contributed by atoms with Crippen LogP contribution in [0.25, 0.3) is 0 Å². The molecule has 0 aliphatic carbocycles. The SMILES string of the molecule is O=S(=O)(NC1CCN2CCCC2C1)c1cnc(Cl)nc1. The number of sulfonamides is 1. The summed E-state index contributed by atoms with van der Waals surface area (Å²) >= 11 is 5.57. The van der Waals surface area contributed by atoms with Gasteiger partial charge in [-0.05, 0) is 50.4 Å². The van der Waals surface area contributed by atoms with Gasteiger partial charge in [0.1, 0.15) is 4.90 Å². The minimum atomic E-state index is -3.56. The van der Waals surface area contributed by atoms with E-state index in [-0.39, 0.29) is 16.2 Å². The second kappa shape index (κ2) is 5.55. The number of nitrogens with zero attached hydrogens (tertiary/aromatic N) is 3. The molecule has 6 nitrogen and oxygen atoms in total. The molecule has 2 unspecified atom stereocenters. The molecule has 0 bridgehead atoms. The number of nitrogens with one attached hydrogen (secondary N) is 1. The molecule has 0 saturated carbocycles. The van der Waals surface area contributed by atoms with Crippen LogP contribution in [0.15, 0.2) is 17.3 Å². The van der Waals surface area contributed by atoms with Crippen LogP contribution in [0.2, 0.25) is 5.28 Å². The van der Waals surface area contributed by atoms with Crippen molar-refractivity contribution >= 4 is 21.6 Å². The summed E-state index contributed by atoms with van der Waals surface area (Å²) in [5.74, 6) is 0. The van der Waals surface area contributed by atoms with Gasteiger partial charge in [0.15, 0.2) is 0 Å². The summed E-state index contributed by atoms with van der Waals surface area (Å²) in [5, 5.41) is 0.0446. The van der Waals surface area contributed by atoms with Crippen molar-refractivity contribution in [3.05, 3.63) is 17.7 Å². The topological polar surface area (TPSA) is 75.2 Å². The number of fused-ring (bicyclic) bond motifs is 1. The first kappa shape index (κ1) is 14.2. The van der Waals surface area contributed by atoms with Crippen LogP contribution in [-0.2, 0) is 10.0 Å². The largest absolute Gasteiger partial charge is 0.300 e. The van der Waals surface area contributed by atoms with Gasteiger partial charge in [0.05, 0.1) is 12.4 Å². The monoisotopic (exact) mass is 316 g/mol. The fourth-order valence-corrected chi connectivity index (χ4v) is 4.33. The van der Waals surface area contributed by atoms with Crippen LogP contribution >= 0.6 is 11.6 Å². The van der Waals surface area contributed by atoms with Gasteiger partial charge in [-0.15, -0.1) is 0 Å². The van der Waals surface area contributed by atoms with Crippen molar-refractivity contribution in [1.82, 2.24) is 19.6 Å². The lowest BCUT2D eigenvalue weighted by molar-refractivity contribution is 0.176. The van der Waals surface area contributed by atoms with E-state index in [2.05, 4.69) is 19.6 Å². The van der Waals surface area contributed by atoms with Gasteiger partial charge in [-0.2, -0.15) is 0 Å². The predicted octanol–water partition coefficient (Wildman–Crippen LogP) is 1.04. The number of hydrogen-bond donors (Lipinski definition) is 1. The second-order valence-corrected chi connectivity index (χ2v) is 7.41. The Hall–Kier alpha value is -0.760. The highest BCUT2D eigenvalue weighted by molar-refractivity contribution is 7.89. The van der Waals surface area contributed by atoms with Gasteiger partial charge in [-0.25, -0.2) is 23.1 Å². The molecule has 2 fully saturated rings. The molecule has 2 aliphatic heterocycles. The number of halogens is 1. The number of aromatic nitrogens is 2. The van der Waals surface area contributed by atoms with Crippen LogP contribution in [0.4, 0.5) is 0 Å². The maximum Gasteiger partial charge on any atom is 0.243 e. The molecule has 3 heterocycles. The van der Waals surface area contributed by atoms with Gasteiger partial charge < -0.3 is 4.90 Å². The Balaban J connectivity index is 1.69. The van der Waals surface area contributed by atoms with Crippen LogP contribution in [0.1, 0.15) is 25.7 Å². The van der Waals surface area contributed by atoms with E-state index >= 15 is 0 Å². The standard InChI is InChI=1S/C12H17ClN4O2S/c13-12-14-7-11(8-15-12)20(18,19)16-9-3-5-17-4-1-2-10(17)6-9/h7-10,16H,1-6H2. The molecule has 1 aromatic heterocycles. The van der Waals surface area contributed by atoms with E-state index in [0.29, 0.717) is 6.04 Å². The molecule has 8 heteroatoms. The van der Waals surface area contributed by atoms with Crippen molar-refractivity contribution in [3.8, 4) is 0 Å². The van der Waals surface area contributed by atoms with Gasteiger partial charge in [0.25, 0.3) is 0 Å². The minimum Gasteiger partial charge on any atom is -0.300 e. The van der Waals surface area contributed by atoms with E-state index in [1.54, 1.807) is 0 Å². The smallest absolute Gasteiger partial charge is 0.243 e. The third-order valence-electron chi connectivity index (χ3n) is 4.05. The van der Waals surface area contributed by atoms with Gasteiger partial charge in [-0.1, -0.05) is 0 Å². The van der Waals surface area contributed by atoms with Crippen LogP contribution in [-0.4, -0.2) is 48.5 Å². The lowest BCUT2D eigenvalue weighted by atomic mass is 9.99. The maximum absolute atomic E-state index is 12.3. The Bertz CT molecular complexity index is 578. The Kier molecular flexibility index (Phi) is 3.94. The number of rotatable bonds is 3. The average Bonchev–Trinajstić information content (AvgIpc) is 2.86. The Labute approximate surface area is 123 Å². The third-order valence-corrected chi connectivity index (χ3v) is 5.72. The van der Waals surface area contributed by atoms with Crippen molar-refractivity contribution in [3.63, 3.8) is 0 Å². The summed E-state index contributed by atoms with van der Waals surface area (Å²) in [5.41, 5.74) is 0. The normalized spacial score (nSPS) is 27.4. The molecule has 0 amide bonds. The molecule has 1 aromatic rings. The highest BCUT2D eigenvalue weighted by atomic mass is 35.5. The Morgan fingerprint density at radius 3 is 2.75 bits per heavy atom. The molecule has 2 atom stereocenters. The van der Waals surface area contributed by atoms with E-state index in [9.17, 15) is 8.42 Å². The van der Waals surface area contributed by atoms with Crippen molar-refractivity contribution in [2.24, 2.45) is 0 Å². The van der Waals surface area contributed by atoms with Gasteiger partial charge in [0.2, 0.25) is 15.3 Å². The van der Waals surface area contributed by atoms with E-state index < -0.39 is 10.0 Å². The first-order chi connectivity index (χ1) is 9.54. The highest BCUT2D eigenvalue weighted by Crippen LogP contribution is 2.27. The van der Waals surface area contributed by atoms with E-state index in [4.69, 9.17) is 11.6 Å². The zero-order valence-electron chi connectivity index (χ0n) is 11.0. The quantitative estimate of drug-likeness (QED) is 0.843. The maximum atomic E-state index is 12.3. The summed E-state index contributed by atoms with van der Waals surface area (Å²) in [7, 11) is -3.56. The highest BCUT2D eigenvalue weighted by Gasteiger charge is 2.33. The van der Waals surface area contributed by atoms with Crippen LogP contribution < -0.4 is 4.72 Å². The second-order valence-electron chi connectivity index (χ2n) is 5.36. The zero-order valence-corrected chi connectivity index (χ0v) is 12.6. The molecule has 2 saturated heterocycles. The molecule has 0 radical (unpaired) electrons. The predicted molar refractivity (Wildman–Crippen MR) is 75.0 cm³/mol. The van der Waals surface area contributed by atoms with E-state index in [1.807, 2.05) is 0 Å². The Morgan fingerprint density at radius 2 is 2.00 bits per heavy atom. The van der Waals surface area contributed by atoms with Gasteiger partial charge >= 0.3 is 0 Å². The molecule has 3 rings (SSSR count). The van der Waals surface area contributed by atoms with Crippen molar-refractivity contribution < 1.29 is 8.42 Å². The first-order valence-electron chi connectivity index (χ1n) is 6.78. The minimum absolute atomic E-state index is 0.00460. The third kappa shape index (κ3) is 2.95. The molecule has 0 spiro atoms. The lowest BCUT2D eigenvalue weighted by Gasteiger charge is -2.34. The summed E-state index contributed by atoms with van der Waals surface area (Å²) in [6, 6.07) is 0.521. The number of piperidine rings is 1. The van der Waals surface area contributed by atoms with Gasteiger partial charge in [0, 0.05) is 12.1 Å². The van der Waals surface area contributed by atoms with Crippen LogP contribution in [0.3, 0.4) is 0 Å². The van der Waals surface area contributed by atoms with Crippen LogP contribution in [0.5, 0.6) is 0 Å². The molecule has 2 aliphatic rings. The molecular formula is C12H17ClN4O2S. The summed E-state index contributed by atoms with van der Waals surface area (Å²) in [6.45, 7) is 2.12. The zero-order chi connectivity index (χ0) is 14.2. The van der Waals surface area contributed by atoms with E-state index in [1.165, 1.54) is 25.2 Å². The van der Waals surface area contributed by atoms with Crippen LogP contribution in [0, 0.1) is 0 Å². The molecular weight excluding hydrogens is 300 g/mol. The molecule has 20 heavy (non-hydrogen) atoms. The van der Waals surface area contributed by atoms with Gasteiger partial charge in [-0.3, -0.25) is 0 Å². The number of hydrogen-bond acceptors (Lipinski definition) is 5. The first-order valence-corrected chi connectivity index (χ1v) is 8.64. The Morgan fingerprint density at radius 1 is 1.25 bits per heavy atom. The molecule has 1 N–H and O–H groups in total. The fraction of sp³-hybridized carbons (Fsp3) is 0.667. The molecule has 110 valence electrons. The average molecular weight is 317 g/mol. The lowest BCUT2D eigenvalue weighted by Crippen LogP contribution is -2.47. The van der Waals surface area contributed by atoms with E-state index in [0.717, 1.165) is 25.9 Å². The summed E-state index contributed by atoms with van der Waals surface area (Å²) in [6.07, 6.45) is 6.60. The summed E-state index contributed by atoms with van der Waals surface area (Å²) < 4.78 is 27.3. The fourth-order valence-electron chi connectivity index (χ4n) is 3.06. The van der Waals surface area contributed by atoms with Crippen molar-refractivity contribution in [2.45, 2.75) is 42.7 Å². The molecule has 0 aromatic carbocycles. The summed E-state index contributed by atoms with van der Waals surface area (Å²) in [4.78, 5) is 9.96. The van der Waals surface area contributed by atoms with Crippen molar-refractivity contribution in [2.75, 3.05) is 13.1 Å².